The van der Waals surface area contributed by atoms with Gasteiger partial charge in [-0.05, 0) is 36.8 Å². The molecule has 1 aromatic carbocycles. The molecule has 2 rings (SSSR count). The van der Waals surface area contributed by atoms with Crippen molar-refractivity contribution in [3.63, 3.8) is 0 Å². The Morgan fingerprint density at radius 1 is 1.53 bits per heavy atom. The fraction of sp³-hybridized carbons (Fsp3) is 0.500. The summed E-state index contributed by atoms with van der Waals surface area (Å²) in [4.78, 5) is 11.2. The lowest BCUT2D eigenvalue weighted by atomic mass is 10.1. The zero-order chi connectivity index (χ0) is 13.8. The van der Waals surface area contributed by atoms with Crippen LogP contribution >= 0.6 is 23.4 Å². The second-order valence-corrected chi connectivity index (χ2v) is 6.62. The average molecular weight is 300 g/mol. The summed E-state index contributed by atoms with van der Waals surface area (Å²) in [7, 11) is 0. The molecule has 0 spiro atoms. The summed E-state index contributed by atoms with van der Waals surface area (Å²) in [6.45, 7) is 2.15. The SMILES string of the molecule is CCSC1CCCC1Nc1cc(Cl)ccc1C(=O)O. The van der Waals surface area contributed by atoms with E-state index in [1.807, 2.05) is 11.8 Å². The molecule has 2 atom stereocenters. The number of aromatic carboxylic acids is 1. The van der Waals surface area contributed by atoms with E-state index in [2.05, 4.69) is 12.2 Å². The van der Waals surface area contributed by atoms with Gasteiger partial charge >= 0.3 is 5.97 Å². The van der Waals surface area contributed by atoms with Crippen LogP contribution in [-0.2, 0) is 0 Å². The third-order valence-electron chi connectivity index (χ3n) is 3.39. The van der Waals surface area contributed by atoms with Gasteiger partial charge in [-0.2, -0.15) is 11.8 Å². The van der Waals surface area contributed by atoms with Crippen LogP contribution in [0.3, 0.4) is 0 Å². The van der Waals surface area contributed by atoms with Gasteiger partial charge in [-0.25, -0.2) is 4.79 Å². The summed E-state index contributed by atoms with van der Waals surface area (Å²) in [6, 6.07) is 5.21. The number of carbonyl (C=O) groups is 1. The summed E-state index contributed by atoms with van der Waals surface area (Å²) < 4.78 is 0. The molecule has 104 valence electrons. The van der Waals surface area contributed by atoms with Gasteiger partial charge in [0.25, 0.3) is 0 Å². The molecular formula is C14H18ClNO2S. The van der Waals surface area contributed by atoms with Crippen LogP contribution in [-0.4, -0.2) is 28.1 Å². The van der Waals surface area contributed by atoms with Gasteiger partial charge in [0.05, 0.1) is 11.3 Å². The highest BCUT2D eigenvalue weighted by Crippen LogP contribution is 2.33. The molecule has 1 aliphatic rings. The van der Waals surface area contributed by atoms with Gasteiger partial charge < -0.3 is 10.4 Å². The molecule has 3 nitrogen and oxygen atoms in total. The fourth-order valence-electron chi connectivity index (χ4n) is 2.53. The molecule has 0 saturated heterocycles. The second kappa shape index (κ2) is 6.53. The number of thioether (sulfide) groups is 1. The van der Waals surface area contributed by atoms with Crippen LogP contribution in [0.5, 0.6) is 0 Å². The molecular weight excluding hydrogens is 282 g/mol. The minimum absolute atomic E-state index is 0.288. The van der Waals surface area contributed by atoms with Crippen molar-refractivity contribution in [2.75, 3.05) is 11.1 Å². The normalized spacial score (nSPS) is 22.4. The Labute approximate surface area is 122 Å². The summed E-state index contributed by atoms with van der Waals surface area (Å²) in [5, 5.41) is 13.7. The zero-order valence-electron chi connectivity index (χ0n) is 10.9. The lowest BCUT2D eigenvalue weighted by Crippen LogP contribution is -2.27. The molecule has 0 aliphatic heterocycles. The van der Waals surface area contributed by atoms with Gasteiger partial charge in [-0.1, -0.05) is 24.9 Å². The number of carboxylic acid groups (broad SMARTS) is 1. The van der Waals surface area contributed by atoms with Crippen LogP contribution < -0.4 is 5.32 Å². The van der Waals surface area contributed by atoms with E-state index in [-0.39, 0.29) is 5.56 Å². The van der Waals surface area contributed by atoms with E-state index >= 15 is 0 Å². The van der Waals surface area contributed by atoms with Gasteiger partial charge in [0.15, 0.2) is 0 Å². The molecule has 5 heteroatoms. The Bertz CT molecular complexity index is 467. The van der Waals surface area contributed by atoms with Crippen molar-refractivity contribution >= 4 is 35.0 Å². The summed E-state index contributed by atoms with van der Waals surface area (Å²) in [6.07, 6.45) is 3.47. The Balaban J connectivity index is 2.17. The van der Waals surface area contributed by atoms with E-state index in [4.69, 9.17) is 11.6 Å². The minimum atomic E-state index is -0.920. The topological polar surface area (TPSA) is 49.3 Å². The predicted octanol–water partition coefficient (Wildman–Crippen LogP) is 4.12. The molecule has 1 aliphatic carbocycles. The number of halogens is 1. The van der Waals surface area contributed by atoms with Crippen LogP contribution in [0.1, 0.15) is 36.5 Å². The van der Waals surface area contributed by atoms with E-state index in [1.165, 1.54) is 12.8 Å². The Hall–Kier alpha value is -0.870. The molecule has 1 saturated carbocycles. The van der Waals surface area contributed by atoms with Crippen molar-refractivity contribution in [3.8, 4) is 0 Å². The highest BCUT2D eigenvalue weighted by atomic mass is 35.5. The maximum Gasteiger partial charge on any atom is 0.337 e. The highest BCUT2D eigenvalue weighted by Gasteiger charge is 2.28. The van der Waals surface area contributed by atoms with E-state index in [0.717, 1.165) is 12.2 Å². The third kappa shape index (κ3) is 3.57. The van der Waals surface area contributed by atoms with Gasteiger partial charge in [-0.3, -0.25) is 0 Å². The molecule has 19 heavy (non-hydrogen) atoms. The van der Waals surface area contributed by atoms with Crippen LogP contribution in [0.15, 0.2) is 18.2 Å². The van der Waals surface area contributed by atoms with Gasteiger partial charge in [0.2, 0.25) is 0 Å². The molecule has 0 amide bonds. The molecule has 0 aromatic heterocycles. The Kier molecular flexibility index (Phi) is 4.99. The number of carboxylic acids is 1. The van der Waals surface area contributed by atoms with Crippen molar-refractivity contribution in [2.45, 2.75) is 37.5 Å². The van der Waals surface area contributed by atoms with E-state index in [1.54, 1.807) is 18.2 Å². The first-order valence-electron chi connectivity index (χ1n) is 6.52. The van der Waals surface area contributed by atoms with Crippen LogP contribution in [0, 0.1) is 0 Å². The first-order chi connectivity index (χ1) is 9.11. The average Bonchev–Trinajstić information content (AvgIpc) is 2.77. The molecule has 1 aromatic rings. The minimum Gasteiger partial charge on any atom is -0.478 e. The predicted molar refractivity (Wildman–Crippen MR) is 81.6 cm³/mol. The molecule has 0 heterocycles. The number of nitrogens with one attached hydrogen (secondary N) is 1. The lowest BCUT2D eigenvalue weighted by Gasteiger charge is -2.22. The first-order valence-corrected chi connectivity index (χ1v) is 7.95. The van der Waals surface area contributed by atoms with Crippen molar-refractivity contribution in [1.29, 1.82) is 0 Å². The van der Waals surface area contributed by atoms with E-state index in [0.29, 0.717) is 22.0 Å². The number of rotatable bonds is 5. The Morgan fingerprint density at radius 2 is 2.32 bits per heavy atom. The van der Waals surface area contributed by atoms with Gasteiger partial charge in [0.1, 0.15) is 0 Å². The van der Waals surface area contributed by atoms with E-state index in [9.17, 15) is 9.90 Å². The largest absolute Gasteiger partial charge is 0.478 e. The Morgan fingerprint density at radius 3 is 3.00 bits per heavy atom. The molecule has 2 N–H and O–H groups in total. The second-order valence-electron chi connectivity index (χ2n) is 4.67. The fourth-order valence-corrected chi connectivity index (χ4v) is 3.90. The quantitative estimate of drug-likeness (QED) is 0.858. The monoisotopic (exact) mass is 299 g/mol. The third-order valence-corrected chi connectivity index (χ3v) is 4.95. The number of anilines is 1. The number of benzene rings is 1. The summed E-state index contributed by atoms with van der Waals surface area (Å²) in [5.41, 5.74) is 0.921. The maximum atomic E-state index is 11.2. The van der Waals surface area contributed by atoms with E-state index < -0.39 is 5.97 Å². The highest BCUT2D eigenvalue weighted by molar-refractivity contribution is 7.99. The summed E-state index contributed by atoms with van der Waals surface area (Å²) in [5.74, 6) is 0.168. The van der Waals surface area contributed by atoms with Gasteiger partial charge in [-0.15, -0.1) is 0 Å². The lowest BCUT2D eigenvalue weighted by molar-refractivity contribution is 0.0698. The van der Waals surface area contributed by atoms with Gasteiger partial charge in [0, 0.05) is 16.3 Å². The van der Waals surface area contributed by atoms with Crippen molar-refractivity contribution in [3.05, 3.63) is 28.8 Å². The van der Waals surface area contributed by atoms with Crippen LogP contribution in [0.25, 0.3) is 0 Å². The number of hydrogen-bond donors (Lipinski definition) is 2. The first kappa shape index (κ1) is 14.5. The maximum absolute atomic E-state index is 11.2. The van der Waals surface area contributed by atoms with Crippen molar-refractivity contribution < 1.29 is 9.90 Å². The van der Waals surface area contributed by atoms with Crippen LogP contribution in [0.2, 0.25) is 5.02 Å². The molecule has 1 fully saturated rings. The molecule has 2 unspecified atom stereocenters. The number of hydrogen-bond acceptors (Lipinski definition) is 3. The summed E-state index contributed by atoms with van der Waals surface area (Å²) >= 11 is 7.91. The molecule has 0 radical (unpaired) electrons. The smallest absolute Gasteiger partial charge is 0.337 e. The van der Waals surface area contributed by atoms with Crippen molar-refractivity contribution in [1.82, 2.24) is 0 Å². The van der Waals surface area contributed by atoms with Crippen LogP contribution in [0.4, 0.5) is 5.69 Å². The molecule has 0 bridgehead atoms. The standard InChI is InChI=1S/C14H18ClNO2S/c1-2-19-13-5-3-4-11(13)16-12-8-9(15)6-7-10(12)14(17)18/h6-8,11,13,16H,2-5H2,1H3,(H,17,18). The zero-order valence-corrected chi connectivity index (χ0v) is 12.4. The van der Waals surface area contributed by atoms with Crippen molar-refractivity contribution in [2.24, 2.45) is 0 Å².